The Morgan fingerprint density at radius 1 is 0.967 bits per heavy atom. The maximum atomic E-state index is 6.18. The fraction of sp³-hybridized carbons (Fsp3) is 0.500. The number of hydrogen-bond donors (Lipinski definition) is 1. The van der Waals surface area contributed by atoms with Gasteiger partial charge in [0.15, 0.2) is 11.5 Å². The van der Waals surface area contributed by atoms with Crippen molar-refractivity contribution in [1.82, 2.24) is 10.2 Å². The topological polar surface area (TPSA) is 46.2 Å². The molecule has 0 fully saturated rings. The fourth-order valence-corrected chi connectivity index (χ4v) is 4.94. The molecule has 3 aliphatic heterocycles. The molecule has 3 heterocycles. The lowest BCUT2D eigenvalue weighted by Gasteiger charge is -2.25. The van der Waals surface area contributed by atoms with Gasteiger partial charge in [0.1, 0.15) is 12.4 Å². The van der Waals surface area contributed by atoms with Crippen LogP contribution in [0.5, 0.6) is 17.2 Å². The third-order valence-electron chi connectivity index (χ3n) is 6.43. The Morgan fingerprint density at radius 3 is 2.63 bits per heavy atom. The summed E-state index contributed by atoms with van der Waals surface area (Å²) in [5, 5.41) is 3.59. The molecule has 0 saturated heterocycles. The monoisotopic (exact) mass is 409 g/mol. The van der Waals surface area contributed by atoms with E-state index >= 15 is 0 Å². The van der Waals surface area contributed by atoms with Crippen LogP contribution in [0.2, 0.25) is 0 Å². The zero-order valence-electron chi connectivity index (χ0n) is 17.9. The fourth-order valence-electron chi connectivity index (χ4n) is 4.94. The number of ether oxygens (including phenoxy) is 3. The molecule has 5 rings (SSSR count). The van der Waals surface area contributed by atoms with Crippen LogP contribution in [-0.2, 0) is 5.41 Å². The molecule has 1 atom stereocenters. The van der Waals surface area contributed by atoms with Crippen molar-refractivity contribution in [3.63, 3.8) is 0 Å². The first-order valence-corrected chi connectivity index (χ1v) is 10.9. The average Bonchev–Trinajstić information content (AvgIpc) is 3.43. The first kappa shape index (κ1) is 19.5. The lowest BCUT2D eigenvalue weighted by molar-refractivity contribution is 0.173. The Bertz CT molecular complexity index is 917. The molecule has 1 spiro atoms. The SMILES string of the molecule is CN(C)CCCNCCCN1CC2(COc3cc4c(cc32)OCO4)c2ccccc21. The summed E-state index contributed by atoms with van der Waals surface area (Å²) >= 11 is 0. The van der Waals surface area contributed by atoms with Gasteiger partial charge in [-0.2, -0.15) is 0 Å². The summed E-state index contributed by atoms with van der Waals surface area (Å²) in [6.45, 7) is 6.20. The van der Waals surface area contributed by atoms with Gasteiger partial charge in [-0.25, -0.2) is 0 Å². The highest BCUT2D eigenvalue weighted by atomic mass is 16.7. The molecule has 1 N–H and O–H groups in total. The summed E-state index contributed by atoms with van der Waals surface area (Å²) in [5.74, 6) is 2.55. The van der Waals surface area contributed by atoms with Gasteiger partial charge in [-0.1, -0.05) is 18.2 Å². The van der Waals surface area contributed by atoms with E-state index in [9.17, 15) is 0 Å². The summed E-state index contributed by atoms with van der Waals surface area (Å²) in [5.41, 5.74) is 3.79. The van der Waals surface area contributed by atoms with Gasteiger partial charge in [-0.15, -0.1) is 0 Å². The molecule has 2 aromatic carbocycles. The van der Waals surface area contributed by atoms with E-state index in [1.807, 2.05) is 6.07 Å². The molecule has 0 saturated carbocycles. The van der Waals surface area contributed by atoms with Gasteiger partial charge < -0.3 is 29.3 Å². The van der Waals surface area contributed by atoms with Crippen LogP contribution in [0.15, 0.2) is 36.4 Å². The van der Waals surface area contributed by atoms with Crippen molar-refractivity contribution < 1.29 is 14.2 Å². The Hall–Kier alpha value is -2.44. The minimum atomic E-state index is -0.133. The van der Waals surface area contributed by atoms with Crippen molar-refractivity contribution in [2.24, 2.45) is 0 Å². The van der Waals surface area contributed by atoms with E-state index in [4.69, 9.17) is 14.2 Å². The largest absolute Gasteiger partial charge is 0.492 e. The molecule has 3 aliphatic rings. The van der Waals surface area contributed by atoms with Crippen molar-refractivity contribution in [1.29, 1.82) is 0 Å². The maximum Gasteiger partial charge on any atom is 0.231 e. The Balaban J connectivity index is 1.29. The number of rotatable bonds is 8. The van der Waals surface area contributed by atoms with E-state index in [1.165, 1.54) is 23.2 Å². The minimum Gasteiger partial charge on any atom is -0.492 e. The van der Waals surface area contributed by atoms with Crippen molar-refractivity contribution in [2.45, 2.75) is 18.3 Å². The van der Waals surface area contributed by atoms with Crippen LogP contribution in [0.4, 0.5) is 5.69 Å². The quantitative estimate of drug-likeness (QED) is 0.677. The van der Waals surface area contributed by atoms with E-state index in [-0.39, 0.29) is 12.2 Å². The second-order valence-corrected chi connectivity index (χ2v) is 8.77. The normalized spacial score (nSPS) is 20.7. The molecule has 0 amide bonds. The van der Waals surface area contributed by atoms with E-state index in [0.29, 0.717) is 6.61 Å². The number of para-hydroxylation sites is 1. The smallest absolute Gasteiger partial charge is 0.231 e. The standard InChI is InChI=1S/C24H31N3O3/c1-26(2)11-5-9-25-10-6-12-27-15-24(18-7-3-4-8-20(18)27)16-28-21-14-23-22(13-19(21)24)29-17-30-23/h3-4,7-8,13-14,25H,5-6,9-12,15-17H2,1-2H3. The van der Waals surface area contributed by atoms with Crippen LogP contribution in [0.1, 0.15) is 24.0 Å². The highest BCUT2D eigenvalue weighted by molar-refractivity contribution is 5.70. The molecular weight excluding hydrogens is 378 g/mol. The first-order valence-electron chi connectivity index (χ1n) is 10.9. The number of hydrogen-bond acceptors (Lipinski definition) is 6. The molecule has 0 radical (unpaired) electrons. The molecule has 6 heteroatoms. The number of nitrogens with zero attached hydrogens (tertiary/aromatic N) is 2. The lowest BCUT2D eigenvalue weighted by atomic mass is 9.77. The molecule has 0 aromatic heterocycles. The lowest BCUT2D eigenvalue weighted by Crippen LogP contribution is -2.37. The maximum absolute atomic E-state index is 6.18. The summed E-state index contributed by atoms with van der Waals surface area (Å²) in [6.07, 6.45) is 2.31. The van der Waals surface area contributed by atoms with Gasteiger partial charge in [-0.05, 0) is 64.3 Å². The number of anilines is 1. The highest BCUT2D eigenvalue weighted by Gasteiger charge is 2.50. The van der Waals surface area contributed by atoms with Gasteiger partial charge in [0.05, 0.1) is 5.41 Å². The van der Waals surface area contributed by atoms with Crippen molar-refractivity contribution in [3.05, 3.63) is 47.5 Å². The predicted molar refractivity (Wildman–Crippen MR) is 118 cm³/mol. The van der Waals surface area contributed by atoms with Gasteiger partial charge in [0.2, 0.25) is 6.79 Å². The molecule has 0 bridgehead atoms. The molecule has 30 heavy (non-hydrogen) atoms. The van der Waals surface area contributed by atoms with E-state index in [0.717, 1.165) is 56.4 Å². The molecule has 160 valence electrons. The summed E-state index contributed by atoms with van der Waals surface area (Å²) < 4.78 is 17.4. The third kappa shape index (κ3) is 3.38. The number of nitrogens with one attached hydrogen (secondary N) is 1. The van der Waals surface area contributed by atoms with Crippen LogP contribution in [0.25, 0.3) is 0 Å². The van der Waals surface area contributed by atoms with Crippen LogP contribution >= 0.6 is 0 Å². The highest BCUT2D eigenvalue weighted by Crippen LogP contribution is 2.54. The average molecular weight is 410 g/mol. The van der Waals surface area contributed by atoms with Gasteiger partial charge in [0.25, 0.3) is 0 Å². The van der Waals surface area contributed by atoms with E-state index in [1.54, 1.807) is 0 Å². The van der Waals surface area contributed by atoms with Crippen molar-refractivity contribution in [3.8, 4) is 17.2 Å². The Kier molecular flexibility index (Phi) is 5.21. The predicted octanol–water partition coefficient (Wildman–Crippen LogP) is 2.85. The van der Waals surface area contributed by atoms with E-state index in [2.05, 4.69) is 59.5 Å². The Morgan fingerprint density at radius 2 is 1.77 bits per heavy atom. The second-order valence-electron chi connectivity index (χ2n) is 8.77. The minimum absolute atomic E-state index is 0.133. The molecule has 6 nitrogen and oxygen atoms in total. The molecule has 2 aromatic rings. The number of benzene rings is 2. The molecular formula is C24H31N3O3. The summed E-state index contributed by atoms with van der Waals surface area (Å²) in [7, 11) is 4.25. The zero-order valence-corrected chi connectivity index (χ0v) is 17.9. The summed E-state index contributed by atoms with van der Waals surface area (Å²) in [4.78, 5) is 4.76. The zero-order chi connectivity index (χ0) is 20.6. The van der Waals surface area contributed by atoms with Gasteiger partial charge in [0, 0.05) is 30.4 Å². The van der Waals surface area contributed by atoms with Crippen molar-refractivity contribution in [2.75, 3.05) is 65.1 Å². The molecule has 0 aliphatic carbocycles. The van der Waals surface area contributed by atoms with Crippen molar-refractivity contribution >= 4 is 5.69 Å². The van der Waals surface area contributed by atoms with E-state index < -0.39 is 0 Å². The van der Waals surface area contributed by atoms with Gasteiger partial charge in [-0.3, -0.25) is 0 Å². The number of fused-ring (bicyclic) bond motifs is 5. The second kappa shape index (κ2) is 8.00. The van der Waals surface area contributed by atoms with Crippen LogP contribution in [-0.4, -0.2) is 65.1 Å². The van der Waals surface area contributed by atoms with Crippen LogP contribution < -0.4 is 24.4 Å². The van der Waals surface area contributed by atoms with Gasteiger partial charge >= 0.3 is 0 Å². The first-order chi connectivity index (χ1) is 14.7. The Labute approximate surface area is 178 Å². The summed E-state index contributed by atoms with van der Waals surface area (Å²) in [6, 6.07) is 12.9. The third-order valence-corrected chi connectivity index (χ3v) is 6.43. The molecule has 1 unspecified atom stereocenters. The van der Waals surface area contributed by atoms with Crippen LogP contribution in [0.3, 0.4) is 0 Å². The van der Waals surface area contributed by atoms with Crippen LogP contribution in [0, 0.1) is 0 Å².